The maximum absolute atomic E-state index is 13.3. The van der Waals surface area contributed by atoms with Gasteiger partial charge in [0.2, 0.25) is 5.82 Å². The van der Waals surface area contributed by atoms with Crippen LogP contribution in [0.25, 0.3) is 17.1 Å². The van der Waals surface area contributed by atoms with Crippen molar-refractivity contribution in [3.05, 3.63) is 95.0 Å². The van der Waals surface area contributed by atoms with Crippen molar-refractivity contribution in [2.75, 3.05) is 5.32 Å². The number of carbonyl (C=O) groups excluding carboxylic acids is 1. The molecule has 0 radical (unpaired) electrons. The van der Waals surface area contributed by atoms with Gasteiger partial charge in [-0.3, -0.25) is 4.79 Å². The first-order valence-electron chi connectivity index (χ1n) is 8.87. The van der Waals surface area contributed by atoms with Crippen LogP contribution in [0.4, 0.5) is 10.1 Å². The van der Waals surface area contributed by atoms with Gasteiger partial charge in [-0.2, -0.15) is 0 Å². The number of benzene rings is 3. The van der Waals surface area contributed by atoms with Gasteiger partial charge in [0.25, 0.3) is 5.91 Å². The predicted molar refractivity (Wildman–Crippen MR) is 111 cm³/mol. The van der Waals surface area contributed by atoms with Crippen LogP contribution in [-0.4, -0.2) is 20.7 Å². The number of anilines is 1. The van der Waals surface area contributed by atoms with Crippen molar-refractivity contribution in [2.24, 2.45) is 0 Å². The highest BCUT2D eigenvalue weighted by atomic mass is 35.5. The second kappa shape index (κ2) is 7.85. The lowest BCUT2D eigenvalue weighted by Crippen LogP contribution is -2.14. The van der Waals surface area contributed by atoms with E-state index in [1.165, 1.54) is 16.8 Å². The van der Waals surface area contributed by atoms with E-state index in [0.29, 0.717) is 22.2 Å². The lowest BCUT2D eigenvalue weighted by molar-refractivity contribution is 0.101. The molecule has 0 fully saturated rings. The van der Waals surface area contributed by atoms with Crippen LogP contribution in [0.15, 0.2) is 72.8 Å². The zero-order chi connectivity index (χ0) is 20.4. The molecule has 0 saturated carbocycles. The average molecular weight is 407 g/mol. The number of rotatable bonds is 4. The standard InChI is InChI=1S/C22H16ClFN4O/c1-14-7-10-17(13-19(14)23)25-22(29)20-26-21(15-5-3-2-4-6-15)28(27-20)18-11-8-16(24)9-12-18/h2-13H,1H3,(H,25,29). The highest BCUT2D eigenvalue weighted by Gasteiger charge is 2.19. The van der Waals surface area contributed by atoms with E-state index in [4.69, 9.17) is 11.6 Å². The number of nitrogens with zero attached hydrogens (tertiary/aromatic N) is 3. The Morgan fingerprint density at radius 3 is 2.45 bits per heavy atom. The zero-order valence-electron chi connectivity index (χ0n) is 15.4. The van der Waals surface area contributed by atoms with Crippen LogP contribution < -0.4 is 5.32 Å². The first-order valence-corrected chi connectivity index (χ1v) is 9.25. The molecule has 1 heterocycles. The molecule has 0 unspecified atom stereocenters. The van der Waals surface area contributed by atoms with E-state index in [-0.39, 0.29) is 11.6 Å². The molecule has 7 heteroatoms. The van der Waals surface area contributed by atoms with Crippen LogP contribution in [0.1, 0.15) is 16.2 Å². The van der Waals surface area contributed by atoms with Crippen LogP contribution in [0.5, 0.6) is 0 Å². The average Bonchev–Trinajstić information content (AvgIpc) is 3.18. The molecule has 4 aromatic rings. The Labute approximate surface area is 171 Å². The van der Waals surface area contributed by atoms with Crippen molar-refractivity contribution in [3.8, 4) is 17.1 Å². The summed E-state index contributed by atoms with van der Waals surface area (Å²) in [6.45, 7) is 1.88. The predicted octanol–water partition coefficient (Wildman–Crippen LogP) is 5.29. The minimum absolute atomic E-state index is 0.00937. The van der Waals surface area contributed by atoms with E-state index in [9.17, 15) is 9.18 Å². The number of hydrogen-bond donors (Lipinski definition) is 1. The molecule has 0 spiro atoms. The summed E-state index contributed by atoms with van der Waals surface area (Å²) in [6, 6.07) is 20.4. The smallest absolute Gasteiger partial charge is 0.295 e. The fourth-order valence-corrected chi connectivity index (χ4v) is 2.98. The summed E-state index contributed by atoms with van der Waals surface area (Å²) in [5.41, 5.74) is 2.83. The molecule has 0 aliphatic heterocycles. The Balaban J connectivity index is 1.73. The first-order chi connectivity index (χ1) is 14.0. The Hall–Kier alpha value is -3.51. The SMILES string of the molecule is Cc1ccc(NC(=O)c2nc(-c3ccccc3)n(-c3ccc(F)cc3)n2)cc1Cl. The highest BCUT2D eigenvalue weighted by Crippen LogP contribution is 2.23. The lowest BCUT2D eigenvalue weighted by atomic mass is 10.2. The van der Waals surface area contributed by atoms with Gasteiger partial charge in [-0.25, -0.2) is 14.1 Å². The van der Waals surface area contributed by atoms with Crippen LogP contribution in [-0.2, 0) is 0 Å². The Morgan fingerprint density at radius 1 is 1.03 bits per heavy atom. The zero-order valence-corrected chi connectivity index (χ0v) is 16.2. The van der Waals surface area contributed by atoms with E-state index in [2.05, 4.69) is 15.4 Å². The third-order valence-electron chi connectivity index (χ3n) is 4.34. The molecular weight excluding hydrogens is 391 g/mol. The summed E-state index contributed by atoms with van der Waals surface area (Å²) in [4.78, 5) is 17.2. The first kappa shape index (κ1) is 18.8. The van der Waals surface area contributed by atoms with Crippen molar-refractivity contribution < 1.29 is 9.18 Å². The molecule has 4 rings (SSSR count). The van der Waals surface area contributed by atoms with Gasteiger partial charge in [0.1, 0.15) is 5.82 Å². The maximum atomic E-state index is 13.3. The van der Waals surface area contributed by atoms with Crippen LogP contribution in [0.3, 0.4) is 0 Å². The van der Waals surface area contributed by atoms with E-state index < -0.39 is 5.91 Å². The van der Waals surface area contributed by atoms with Crippen molar-refractivity contribution >= 4 is 23.2 Å². The number of aromatic nitrogens is 3. The van der Waals surface area contributed by atoms with E-state index >= 15 is 0 Å². The van der Waals surface area contributed by atoms with Gasteiger partial charge in [0.05, 0.1) is 5.69 Å². The second-order valence-corrected chi connectivity index (χ2v) is 6.84. The van der Waals surface area contributed by atoms with Crippen molar-refractivity contribution in [1.29, 1.82) is 0 Å². The topological polar surface area (TPSA) is 59.8 Å². The quantitative estimate of drug-likeness (QED) is 0.501. The fourth-order valence-electron chi connectivity index (χ4n) is 2.80. The minimum Gasteiger partial charge on any atom is -0.319 e. The molecule has 1 amide bonds. The monoisotopic (exact) mass is 406 g/mol. The van der Waals surface area contributed by atoms with E-state index in [0.717, 1.165) is 11.1 Å². The Morgan fingerprint density at radius 2 is 1.76 bits per heavy atom. The molecule has 0 saturated heterocycles. The van der Waals surface area contributed by atoms with Crippen molar-refractivity contribution in [2.45, 2.75) is 6.92 Å². The number of hydrogen-bond acceptors (Lipinski definition) is 3. The third-order valence-corrected chi connectivity index (χ3v) is 4.75. The summed E-state index contributed by atoms with van der Waals surface area (Å²) in [6.07, 6.45) is 0. The van der Waals surface area contributed by atoms with Crippen molar-refractivity contribution in [3.63, 3.8) is 0 Å². The van der Waals surface area contributed by atoms with Crippen LogP contribution >= 0.6 is 11.6 Å². The van der Waals surface area contributed by atoms with Gasteiger partial charge in [-0.1, -0.05) is 48.0 Å². The molecule has 1 aromatic heterocycles. The molecule has 0 atom stereocenters. The molecule has 0 bridgehead atoms. The Kier molecular flexibility index (Phi) is 5.10. The van der Waals surface area contributed by atoms with Gasteiger partial charge < -0.3 is 5.32 Å². The lowest BCUT2D eigenvalue weighted by Gasteiger charge is -2.05. The molecule has 1 N–H and O–H groups in total. The molecule has 3 aromatic carbocycles. The van der Waals surface area contributed by atoms with Gasteiger partial charge >= 0.3 is 0 Å². The summed E-state index contributed by atoms with van der Waals surface area (Å²) >= 11 is 6.13. The second-order valence-electron chi connectivity index (χ2n) is 6.43. The van der Waals surface area contributed by atoms with Gasteiger partial charge in [-0.05, 0) is 48.9 Å². The van der Waals surface area contributed by atoms with Gasteiger partial charge in [-0.15, -0.1) is 5.10 Å². The van der Waals surface area contributed by atoms with Crippen molar-refractivity contribution in [1.82, 2.24) is 14.8 Å². The fraction of sp³-hybridized carbons (Fsp3) is 0.0455. The van der Waals surface area contributed by atoms with Crippen LogP contribution in [0, 0.1) is 12.7 Å². The normalized spacial score (nSPS) is 10.7. The van der Waals surface area contributed by atoms with E-state index in [1.807, 2.05) is 43.3 Å². The number of aryl methyl sites for hydroxylation is 1. The third kappa shape index (κ3) is 4.02. The summed E-state index contributed by atoms with van der Waals surface area (Å²) < 4.78 is 14.9. The minimum atomic E-state index is -0.469. The number of amides is 1. The molecule has 29 heavy (non-hydrogen) atoms. The largest absolute Gasteiger partial charge is 0.319 e. The van der Waals surface area contributed by atoms with Gasteiger partial charge in [0, 0.05) is 16.3 Å². The molecule has 144 valence electrons. The molecule has 5 nitrogen and oxygen atoms in total. The molecule has 0 aliphatic rings. The molecular formula is C22H16ClFN4O. The summed E-state index contributed by atoms with van der Waals surface area (Å²) in [5, 5.41) is 7.67. The highest BCUT2D eigenvalue weighted by molar-refractivity contribution is 6.31. The summed E-state index contributed by atoms with van der Waals surface area (Å²) in [7, 11) is 0. The number of halogens is 2. The van der Waals surface area contributed by atoms with Crippen LogP contribution in [0.2, 0.25) is 5.02 Å². The van der Waals surface area contributed by atoms with E-state index in [1.54, 1.807) is 24.3 Å². The molecule has 0 aliphatic carbocycles. The Bertz CT molecular complexity index is 1170. The maximum Gasteiger partial charge on any atom is 0.295 e. The van der Waals surface area contributed by atoms with Gasteiger partial charge in [0.15, 0.2) is 5.82 Å². The summed E-state index contributed by atoms with van der Waals surface area (Å²) in [5.74, 6) is -0.360. The number of nitrogens with one attached hydrogen (secondary N) is 1. The number of carbonyl (C=O) groups is 1.